The van der Waals surface area contributed by atoms with E-state index in [4.69, 9.17) is 5.73 Å². The quantitative estimate of drug-likeness (QED) is 0.691. The number of aromatic nitrogens is 4. The van der Waals surface area contributed by atoms with Crippen molar-refractivity contribution in [3.05, 3.63) is 22.9 Å². The first kappa shape index (κ1) is 11.6. The lowest BCUT2D eigenvalue weighted by molar-refractivity contribution is 0.504. The third-order valence-corrected chi connectivity index (χ3v) is 2.97. The fraction of sp³-hybridized carbons (Fsp3) is 0.500. The predicted octanol–water partition coefficient (Wildman–Crippen LogP) is -0.0431. The maximum atomic E-state index is 11.3. The van der Waals surface area contributed by atoms with Gasteiger partial charge in [0.15, 0.2) is 5.65 Å². The lowest BCUT2D eigenvalue weighted by Gasteiger charge is -2.28. The van der Waals surface area contributed by atoms with Crippen LogP contribution < -0.4 is 16.7 Å². The van der Waals surface area contributed by atoms with Crippen LogP contribution in [0, 0.1) is 0 Å². The van der Waals surface area contributed by atoms with Gasteiger partial charge in [-0.2, -0.15) is 5.10 Å². The van der Waals surface area contributed by atoms with Crippen molar-refractivity contribution in [2.75, 3.05) is 11.9 Å². The summed E-state index contributed by atoms with van der Waals surface area (Å²) in [4.78, 5) is 15.4. The fourth-order valence-corrected chi connectivity index (χ4v) is 1.47. The molecule has 0 amide bonds. The van der Waals surface area contributed by atoms with Crippen LogP contribution in [-0.4, -0.2) is 31.7 Å². The van der Waals surface area contributed by atoms with E-state index in [1.807, 2.05) is 6.92 Å². The molecule has 0 saturated carbocycles. The van der Waals surface area contributed by atoms with Gasteiger partial charge in [0.25, 0.3) is 0 Å². The molecule has 0 fully saturated rings. The van der Waals surface area contributed by atoms with Crippen LogP contribution in [0.15, 0.2) is 17.2 Å². The molecule has 7 nitrogen and oxygen atoms in total. The predicted molar refractivity (Wildman–Crippen MR) is 65.0 cm³/mol. The Morgan fingerprint density at radius 3 is 3.06 bits per heavy atom. The largest absolute Gasteiger partial charge is 0.363 e. The number of H-pyrrole nitrogens is 1. The standard InChI is InChI=1S/C10H16N6O/c1-3-10(2,5-11)13-7-4-8-14-15-9(17)16(8)6-12-7/h4,6,13H,3,5,11H2,1-2H3,(H,15,17). The number of aromatic amines is 1. The van der Waals surface area contributed by atoms with E-state index in [0.717, 1.165) is 6.42 Å². The number of hydrogen-bond donors (Lipinski definition) is 3. The lowest BCUT2D eigenvalue weighted by atomic mass is 9.99. The molecule has 0 aliphatic rings. The molecule has 0 saturated heterocycles. The van der Waals surface area contributed by atoms with Crippen molar-refractivity contribution in [2.24, 2.45) is 5.73 Å². The second-order valence-corrected chi connectivity index (χ2v) is 4.27. The van der Waals surface area contributed by atoms with Crippen LogP contribution in [0.25, 0.3) is 5.65 Å². The lowest BCUT2D eigenvalue weighted by Crippen LogP contribution is -2.42. The van der Waals surface area contributed by atoms with Gasteiger partial charge < -0.3 is 11.1 Å². The Hall–Kier alpha value is -1.89. The molecule has 0 aromatic carbocycles. The molecule has 4 N–H and O–H groups in total. The number of nitrogens with zero attached hydrogens (tertiary/aromatic N) is 3. The van der Waals surface area contributed by atoms with Gasteiger partial charge in [0.1, 0.15) is 12.1 Å². The summed E-state index contributed by atoms with van der Waals surface area (Å²) in [6.45, 7) is 4.58. The van der Waals surface area contributed by atoms with Gasteiger partial charge in [0.05, 0.1) is 0 Å². The van der Waals surface area contributed by atoms with Crippen molar-refractivity contribution in [1.29, 1.82) is 0 Å². The Morgan fingerprint density at radius 2 is 2.41 bits per heavy atom. The Balaban J connectivity index is 2.34. The number of hydrogen-bond acceptors (Lipinski definition) is 5. The van der Waals surface area contributed by atoms with Crippen molar-refractivity contribution in [2.45, 2.75) is 25.8 Å². The Morgan fingerprint density at radius 1 is 1.65 bits per heavy atom. The van der Waals surface area contributed by atoms with E-state index in [1.54, 1.807) is 6.07 Å². The molecule has 17 heavy (non-hydrogen) atoms. The van der Waals surface area contributed by atoms with Gasteiger partial charge in [-0.3, -0.25) is 0 Å². The molecular formula is C10H16N6O. The van der Waals surface area contributed by atoms with Crippen LogP contribution in [0.1, 0.15) is 20.3 Å². The minimum atomic E-state index is -0.295. The molecule has 2 aromatic rings. The van der Waals surface area contributed by atoms with E-state index in [2.05, 4.69) is 27.4 Å². The van der Waals surface area contributed by atoms with Gasteiger partial charge in [-0.15, -0.1) is 0 Å². The average molecular weight is 236 g/mol. The molecule has 2 rings (SSSR count). The molecule has 1 atom stereocenters. The second kappa shape index (κ2) is 4.17. The maximum Gasteiger partial charge on any atom is 0.348 e. The SMILES string of the molecule is CCC(C)(CN)Nc1cc2n[nH]c(=O)n2cn1. The highest BCUT2D eigenvalue weighted by Gasteiger charge is 2.20. The third kappa shape index (κ3) is 2.14. The van der Waals surface area contributed by atoms with Crippen LogP contribution in [0.2, 0.25) is 0 Å². The van der Waals surface area contributed by atoms with Gasteiger partial charge in [-0.25, -0.2) is 19.3 Å². The normalized spacial score (nSPS) is 14.8. The van der Waals surface area contributed by atoms with Crippen molar-refractivity contribution in [3.8, 4) is 0 Å². The zero-order valence-corrected chi connectivity index (χ0v) is 9.90. The zero-order chi connectivity index (χ0) is 12.5. The van der Waals surface area contributed by atoms with Crippen molar-refractivity contribution < 1.29 is 0 Å². The molecule has 0 aliphatic heterocycles. The maximum absolute atomic E-state index is 11.3. The van der Waals surface area contributed by atoms with Gasteiger partial charge in [0.2, 0.25) is 0 Å². The van der Waals surface area contributed by atoms with Gasteiger partial charge in [-0.1, -0.05) is 6.92 Å². The van der Waals surface area contributed by atoms with Gasteiger partial charge in [0, 0.05) is 18.2 Å². The summed E-state index contributed by atoms with van der Waals surface area (Å²) in [6, 6.07) is 1.71. The summed E-state index contributed by atoms with van der Waals surface area (Å²) in [6.07, 6.45) is 2.32. The highest BCUT2D eigenvalue weighted by molar-refractivity contribution is 5.49. The van der Waals surface area contributed by atoms with Crippen LogP contribution in [0.5, 0.6) is 0 Å². The highest BCUT2D eigenvalue weighted by Crippen LogP contribution is 2.15. The molecular weight excluding hydrogens is 220 g/mol. The molecule has 2 heterocycles. The molecule has 1 unspecified atom stereocenters. The summed E-state index contributed by atoms with van der Waals surface area (Å²) in [5.41, 5.74) is 5.74. The molecule has 92 valence electrons. The van der Waals surface area contributed by atoms with Crippen molar-refractivity contribution in [1.82, 2.24) is 19.6 Å². The van der Waals surface area contributed by atoms with Crippen LogP contribution >= 0.6 is 0 Å². The molecule has 2 aromatic heterocycles. The number of fused-ring (bicyclic) bond motifs is 1. The van der Waals surface area contributed by atoms with Crippen molar-refractivity contribution in [3.63, 3.8) is 0 Å². The highest BCUT2D eigenvalue weighted by atomic mass is 16.1. The second-order valence-electron chi connectivity index (χ2n) is 4.27. The summed E-state index contributed by atoms with van der Waals surface area (Å²) in [5, 5.41) is 9.49. The number of anilines is 1. The van der Waals surface area contributed by atoms with Crippen LogP contribution in [0.3, 0.4) is 0 Å². The smallest absolute Gasteiger partial charge is 0.348 e. The first-order valence-electron chi connectivity index (χ1n) is 5.49. The van der Waals surface area contributed by atoms with Gasteiger partial charge in [-0.05, 0) is 13.3 Å². The fourth-order valence-electron chi connectivity index (χ4n) is 1.47. The van der Waals surface area contributed by atoms with E-state index in [9.17, 15) is 4.79 Å². The zero-order valence-electron chi connectivity index (χ0n) is 9.90. The third-order valence-electron chi connectivity index (χ3n) is 2.97. The first-order valence-corrected chi connectivity index (χ1v) is 5.49. The first-order chi connectivity index (χ1) is 8.08. The Bertz CT molecular complexity index is 567. The Kier molecular flexibility index (Phi) is 2.84. The molecule has 0 bridgehead atoms. The summed E-state index contributed by atoms with van der Waals surface area (Å²) in [5.74, 6) is 0.659. The van der Waals surface area contributed by atoms with E-state index >= 15 is 0 Å². The molecule has 7 heteroatoms. The minimum Gasteiger partial charge on any atom is -0.363 e. The Labute approximate surface area is 98.1 Å². The number of rotatable bonds is 4. The molecule has 0 aliphatic carbocycles. The molecule has 0 radical (unpaired) electrons. The van der Waals surface area contributed by atoms with E-state index in [0.29, 0.717) is 18.0 Å². The molecule has 0 spiro atoms. The van der Waals surface area contributed by atoms with Gasteiger partial charge >= 0.3 is 5.69 Å². The van der Waals surface area contributed by atoms with Crippen molar-refractivity contribution >= 4 is 11.5 Å². The van der Waals surface area contributed by atoms with Crippen LogP contribution in [-0.2, 0) is 0 Å². The van der Waals surface area contributed by atoms with E-state index in [-0.39, 0.29) is 11.2 Å². The summed E-state index contributed by atoms with van der Waals surface area (Å²) in [7, 11) is 0. The number of nitrogens with one attached hydrogen (secondary N) is 2. The summed E-state index contributed by atoms with van der Waals surface area (Å²) < 4.78 is 1.34. The van der Waals surface area contributed by atoms with E-state index in [1.165, 1.54) is 10.7 Å². The average Bonchev–Trinajstić information content (AvgIpc) is 2.70. The minimum absolute atomic E-state index is 0.206. The topological polar surface area (TPSA) is 101 Å². The summed E-state index contributed by atoms with van der Waals surface area (Å²) >= 11 is 0. The monoisotopic (exact) mass is 236 g/mol. The van der Waals surface area contributed by atoms with Crippen LogP contribution in [0.4, 0.5) is 5.82 Å². The number of nitrogens with two attached hydrogens (primary N) is 1. The van der Waals surface area contributed by atoms with E-state index < -0.39 is 0 Å².